The van der Waals surface area contributed by atoms with Gasteiger partial charge in [-0.2, -0.15) is 0 Å². The zero-order valence-corrected chi connectivity index (χ0v) is 42.5. The molecule has 1 atom stereocenters. The lowest BCUT2D eigenvalue weighted by atomic mass is 10.0. The fourth-order valence-electron chi connectivity index (χ4n) is 8.52. The Labute approximate surface area is 387 Å². The van der Waals surface area contributed by atoms with E-state index in [1.807, 2.05) is 0 Å². The first kappa shape index (κ1) is 60.4. The normalized spacial score (nSPS) is 12.0. The third kappa shape index (κ3) is 49.4. The van der Waals surface area contributed by atoms with Gasteiger partial charge in [0.25, 0.3) is 0 Å². The number of unbranched alkanes of at least 4 members (excludes halogenated alkanes) is 35. The van der Waals surface area contributed by atoms with Gasteiger partial charge in [0, 0.05) is 19.3 Å². The van der Waals surface area contributed by atoms with Gasteiger partial charge in [-0.05, 0) is 31.1 Å². The summed E-state index contributed by atoms with van der Waals surface area (Å²) < 4.78 is 16.8. The fourth-order valence-corrected chi connectivity index (χ4v) is 8.52. The maximum atomic E-state index is 12.8. The smallest absolute Gasteiger partial charge is 0.306 e. The predicted molar refractivity (Wildman–Crippen MR) is 266 cm³/mol. The molecule has 0 amide bonds. The third-order valence-corrected chi connectivity index (χ3v) is 12.7. The largest absolute Gasteiger partial charge is 0.462 e. The molecule has 0 aromatic carbocycles. The van der Waals surface area contributed by atoms with Gasteiger partial charge in [-0.15, -0.1) is 0 Å². The molecule has 0 aliphatic carbocycles. The molecule has 0 aliphatic heterocycles. The minimum atomic E-state index is -0.762. The quantitative estimate of drug-likeness (QED) is 0.0344. The summed E-state index contributed by atoms with van der Waals surface area (Å²) in [6.07, 6.45) is 50.9. The number of esters is 3. The van der Waals surface area contributed by atoms with Crippen LogP contribution in [-0.4, -0.2) is 37.2 Å². The second-order valence-electron chi connectivity index (χ2n) is 20.2. The van der Waals surface area contributed by atoms with Crippen LogP contribution >= 0.6 is 0 Å². The van der Waals surface area contributed by atoms with E-state index in [2.05, 4.69) is 34.6 Å². The Bertz CT molecular complexity index is 947. The maximum absolute atomic E-state index is 12.8. The van der Waals surface area contributed by atoms with Gasteiger partial charge in [-0.1, -0.05) is 272 Å². The van der Waals surface area contributed by atoms with E-state index in [0.717, 1.165) is 69.6 Å². The molecule has 368 valence electrons. The van der Waals surface area contributed by atoms with Gasteiger partial charge in [0.2, 0.25) is 0 Å². The Kier molecular flexibility index (Phi) is 47.6. The number of rotatable bonds is 50. The van der Waals surface area contributed by atoms with Gasteiger partial charge in [0.05, 0.1) is 0 Å². The molecule has 0 fully saturated rings. The summed E-state index contributed by atoms with van der Waals surface area (Å²) in [5.41, 5.74) is 0. The topological polar surface area (TPSA) is 78.9 Å². The second kappa shape index (κ2) is 48.9. The van der Waals surface area contributed by atoms with Crippen molar-refractivity contribution in [2.45, 2.75) is 317 Å². The van der Waals surface area contributed by atoms with Crippen LogP contribution in [0.2, 0.25) is 0 Å². The molecule has 0 N–H and O–H groups in total. The SMILES string of the molecule is CCCCCCCCCCCCCCCC(=O)OC[C@H](COC(=O)CCCCCCCCCCCC(C)C)OC(=O)CCCCCCCCCCCCCCCCCCC(C)C. The van der Waals surface area contributed by atoms with Gasteiger partial charge in [0.1, 0.15) is 13.2 Å². The van der Waals surface area contributed by atoms with Gasteiger partial charge in [0.15, 0.2) is 6.10 Å². The van der Waals surface area contributed by atoms with Gasteiger partial charge >= 0.3 is 17.9 Å². The summed E-state index contributed by atoms with van der Waals surface area (Å²) in [4.78, 5) is 38.0. The highest BCUT2D eigenvalue weighted by molar-refractivity contribution is 5.71. The van der Waals surface area contributed by atoms with Crippen molar-refractivity contribution in [1.29, 1.82) is 0 Å². The Hall–Kier alpha value is -1.59. The molecule has 62 heavy (non-hydrogen) atoms. The molecule has 6 heteroatoms. The van der Waals surface area contributed by atoms with E-state index >= 15 is 0 Å². The highest BCUT2D eigenvalue weighted by Gasteiger charge is 2.19. The van der Waals surface area contributed by atoms with Crippen molar-refractivity contribution in [2.75, 3.05) is 13.2 Å². The van der Waals surface area contributed by atoms with E-state index in [9.17, 15) is 14.4 Å². The van der Waals surface area contributed by atoms with E-state index < -0.39 is 6.10 Å². The van der Waals surface area contributed by atoms with Crippen LogP contribution in [0.15, 0.2) is 0 Å². The molecule has 0 rings (SSSR count). The van der Waals surface area contributed by atoms with Crippen LogP contribution in [0.1, 0.15) is 311 Å². The highest BCUT2D eigenvalue weighted by atomic mass is 16.6. The molecule has 0 saturated carbocycles. The van der Waals surface area contributed by atoms with Crippen molar-refractivity contribution < 1.29 is 28.6 Å². The first-order chi connectivity index (χ1) is 30.2. The summed E-state index contributed by atoms with van der Waals surface area (Å²) in [5.74, 6) is 0.817. The van der Waals surface area contributed by atoms with Crippen LogP contribution < -0.4 is 0 Å². The standard InChI is InChI=1S/C56H108O6/c1-6-7-8-9-10-11-12-17-21-26-31-36-41-46-54(57)60-49-53(50-61-55(58)47-42-37-32-28-23-25-30-35-40-45-52(4)5)62-56(59)48-43-38-33-27-22-19-16-14-13-15-18-20-24-29-34-39-44-51(2)3/h51-53H,6-50H2,1-5H3/t53-/m1/s1. The Morgan fingerprint density at radius 2 is 0.532 bits per heavy atom. The summed E-state index contributed by atoms with van der Waals surface area (Å²) >= 11 is 0. The average molecular weight is 877 g/mol. The first-order valence-corrected chi connectivity index (χ1v) is 27.7. The van der Waals surface area contributed by atoms with Crippen molar-refractivity contribution >= 4 is 17.9 Å². The number of carbonyl (C=O) groups excluding carboxylic acids is 3. The molecule has 0 spiro atoms. The molecule has 0 bridgehead atoms. The third-order valence-electron chi connectivity index (χ3n) is 12.7. The van der Waals surface area contributed by atoms with Gasteiger partial charge < -0.3 is 14.2 Å². The molecule has 6 nitrogen and oxygen atoms in total. The monoisotopic (exact) mass is 877 g/mol. The van der Waals surface area contributed by atoms with Gasteiger partial charge in [-0.25, -0.2) is 0 Å². The molecular weight excluding hydrogens is 769 g/mol. The number of ether oxygens (including phenoxy) is 3. The number of carbonyl (C=O) groups is 3. The lowest BCUT2D eigenvalue weighted by Gasteiger charge is -2.18. The van der Waals surface area contributed by atoms with E-state index in [4.69, 9.17) is 14.2 Å². The average Bonchev–Trinajstić information content (AvgIpc) is 3.24. The number of hydrogen-bond acceptors (Lipinski definition) is 6. The van der Waals surface area contributed by atoms with E-state index in [-0.39, 0.29) is 31.1 Å². The lowest BCUT2D eigenvalue weighted by molar-refractivity contribution is -0.167. The summed E-state index contributed by atoms with van der Waals surface area (Å²) in [6, 6.07) is 0. The van der Waals surface area contributed by atoms with Crippen LogP contribution in [0, 0.1) is 11.8 Å². The fraction of sp³-hybridized carbons (Fsp3) is 0.946. The van der Waals surface area contributed by atoms with E-state index in [1.54, 1.807) is 0 Å². The van der Waals surface area contributed by atoms with Crippen molar-refractivity contribution in [1.82, 2.24) is 0 Å². The zero-order chi connectivity index (χ0) is 45.4. The summed E-state index contributed by atoms with van der Waals surface area (Å²) in [7, 11) is 0. The van der Waals surface area contributed by atoms with E-state index in [1.165, 1.54) is 199 Å². The van der Waals surface area contributed by atoms with Crippen molar-refractivity contribution in [3.8, 4) is 0 Å². The Balaban J connectivity index is 4.27. The lowest BCUT2D eigenvalue weighted by Crippen LogP contribution is -2.30. The van der Waals surface area contributed by atoms with Crippen LogP contribution in [-0.2, 0) is 28.6 Å². The van der Waals surface area contributed by atoms with Crippen molar-refractivity contribution in [3.63, 3.8) is 0 Å². The van der Waals surface area contributed by atoms with Crippen molar-refractivity contribution in [3.05, 3.63) is 0 Å². The summed E-state index contributed by atoms with van der Waals surface area (Å²) in [6.45, 7) is 11.4. The second-order valence-corrected chi connectivity index (χ2v) is 20.2. The van der Waals surface area contributed by atoms with Crippen LogP contribution in [0.25, 0.3) is 0 Å². The molecule has 0 aromatic rings. The molecule has 0 unspecified atom stereocenters. The maximum Gasteiger partial charge on any atom is 0.306 e. The first-order valence-electron chi connectivity index (χ1n) is 27.7. The van der Waals surface area contributed by atoms with Crippen molar-refractivity contribution in [2.24, 2.45) is 11.8 Å². The highest BCUT2D eigenvalue weighted by Crippen LogP contribution is 2.18. The Morgan fingerprint density at radius 1 is 0.306 bits per heavy atom. The predicted octanol–water partition coefficient (Wildman–Crippen LogP) is 18.1. The number of hydrogen-bond donors (Lipinski definition) is 0. The summed E-state index contributed by atoms with van der Waals surface area (Å²) in [5, 5.41) is 0. The zero-order valence-electron chi connectivity index (χ0n) is 42.5. The minimum Gasteiger partial charge on any atom is -0.462 e. The molecule has 0 saturated heterocycles. The van der Waals surface area contributed by atoms with Gasteiger partial charge in [-0.3, -0.25) is 14.4 Å². The molecule has 0 aromatic heterocycles. The molecule has 0 radical (unpaired) electrons. The Morgan fingerprint density at radius 3 is 0.790 bits per heavy atom. The molecule has 0 aliphatic rings. The minimum absolute atomic E-state index is 0.0632. The van der Waals surface area contributed by atoms with Crippen LogP contribution in [0.3, 0.4) is 0 Å². The molecule has 0 heterocycles. The molecular formula is C56H108O6. The van der Waals surface area contributed by atoms with E-state index in [0.29, 0.717) is 19.3 Å². The van der Waals surface area contributed by atoms with Crippen LogP contribution in [0.4, 0.5) is 0 Å². The van der Waals surface area contributed by atoms with Crippen LogP contribution in [0.5, 0.6) is 0 Å².